The van der Waals surface area contributed by atoms with Gasteiger partial charge < -0.3 is 35.6 Å². The maximum Gasteiger partial charge on any atom is 0.339 e. The second kappa shape index (κ2) is 9.42. The van der Waals surface area contributed by atoms with Crippen LogP contribution in [0.25, 0.3) is 0 Å². The number of hydrogen-bond acceptors (Lipinski definition) is 8. The average molecular weight is 483 g/mol. The van der Waals surface area contributed by atoms with Crippen molar-refractivity contribution in [2.24, 2.45) is 0 Å². The van der Waals surface area contributed by atoms with Crippen LogP contribution >= 0.6 is 0 Å². The normalized spacial score (nSPS) is 20.0. The lowest BCUT2D eigenvalue weighted by atomic mass is 11.8. The van der Waals surface area contributed by atoms with E-state index in [4.69, 9.17) is 16.8 Å². The zero-order valence-corrected chi connectivity index (χ0v) is 26.2. The molecular weight excluding hydrogens is 453 g/mol. The lowest BCUT2D eigenvalue weighted by Crippen LogP contribution is -2.87. The standard InChI is InChI=1S/C6H30O8Si9/c1-11-21(5,6)22(13-16-7,14-20(3,4)19(2)10)23(12-15,17-8)18-9/h7-9H,16-18H2,1-6,15H3. The summed E-state index contributed by atoms with van der Waals surface area (Å²) in [6, 6.07) is 0. The molecule has 17 heteroatoms. The zero-order valence-electron chi connectivity index (χ0n) is 15.0. The van der Waals surface area contributed by atoms with Crippen molar-refractivity contribution in [2.45, 2.75) is 32.7 Å². The minimum atomic E-state index is -3.31. The Bertz CT molecular complexity index is 395. The van der Waals surface area contributed by atoms with Gasteiger partial charge in [-0.25, -0.2) is 0 Å². The van der Waals surface area contributed by atoms with Crippen molar-refractivity contribution in [1.82, 2.24) is 0 Å². The first-order valence-electron chi connectivity index (χ1n) is 7.24. The van der Waals surface area contributed by atoms with Crippen molar-refractivity contribution in [1.29, 1.82) is 0 Å². The third kappa shape index (κ3) is 4.80. The van der Waals surface area contributed by atoms with Gasteiger partial charge in [-0.1, -0.05) is 0 Å². The highest BCUT2D eigenvalue weighted by atomic mass is 30.0. The van der Waals surface area contributed by atoms with Gasteiger partial charge in [-0.2, -0.15) is 0 Å². The third-order valence-electron chi connectivity index (χ3n) is 4.32. The third-order valence-corrected chi connectivity index (χ3v) is 79.9. The molecule has 0 aromatic rings. The van der Waals surface area contributed by atoms with Crippen LogP contribution in [-0.2, 0) is 21.2 Å². The van der Waals surface area contributed by atoms with Crippen LogP contribution in [0.15, 0.2) is 0 Å². The Kier molecular flexibility index (Phi) is 10.0. The summed E-state index contributed by atoms with van der Waals surface area (Å²) in [5.41, 5.74) is 0. The lowest BCUT2D eigenvalue weighted by molar-refractivity contribution is 0.353. The van der Waals surface area contributed by atoms with Crippen molar-refractivity contribution in [3.05, 3.63) is 0 Å². The van der Waals surface area contributed by atoms with Crippen LogP contribution in [0.4, 0.5) is 0 Å². The number of hydrogen-bond donors (Lipinski definition) is 3. The first-order chi connectivity index (χ1) is 10.5. The average Bonchev–Trinajstić information content (AvgIpc) is 2.48. The Hall–Kier alpha value is 1.47. The molecule has 0 radical (unpaired) electrons. The van der Waals surface area contributed by atoms with Gasteiger partial charge in [0.05, 0.1) is 0 Å². The van der Waals surface area contributed by atoms with Gasteiger partial charge in [-0.3, -0.25) is 0 Å². The van der Waals surface area contributed by atoms with Gasteiger partial charge in [0, 0.05) is 7.11 Å². The molecule has 0 saturated carbocycles. The topological polar surface area (TPSA) is 115 Å². The fourth-order valence-corrected chi connectivity index (χ4v) is 100. The molecule has 0 aliphatic carbocycles. The highest BCUT2D eigenvalue weighted by Crippen LogP contribution is 2.33. The van der Waals surface area contributed by atoms with E-state index in [2.05, 4.69) is 0 Å². The summed E-state index contributed by atoms with van der Waals surface area (Å²) in [4.78, 5) is 30.1. The molecule has 0 heterocycles. The van der Waals surface area contributed by atoms with Crippen LogP contribution in [-0.4, -0.2) is 98.9 Å². The Labute approximate surface area is 152 Å². The first kappa shape index (κ1) is 24.5. The Balaban J connectivity index is 6.48. The minimum Gasteiger partial charge on any atom is -0.463 e. The summed E-state index contributed by atoms with van der Waals surface area (Å²) >= 11 is 0. The molecule has 1 unspecified atom stereocenters. The van der Waals surface area contributed by atoms with Crippen LogP contribution < -0.4 is 0 Å². The summed E-state index contributed by atoms with van der Waals surface area (Å²) in [5, 5.41) is 0. The lowest BCUT2D eigenvalue weighted by Gasteiger charge is -2.51. The van der Waals surface area contributed by atoms with Gasteiger partial charge in [-0.05, 0) is 32.7 Å². The van der Waals surface area contributed by atoms with E-state index in [1.807, 2.05) is 26.2 Å². The van der Waals surface area contributed by atoms with Gasteiger partial charge in [0.1, 0.15) is 10.5 Å². The molecular formula is C6H30O8Si9. The molecule has 8 nitrogen and oxygen atoms in total. The molecule has 0 bridgehead atoms. The van der Waals surface area contributed by atoms with E-state index < -0.39 is 66.9 Å². The molecule has 0 aromatic heterocycles. The summed E-state index contributed by atoms with van der Waals surface area (Å²) in [6.07, 6.45) is 0. The largest absolute Gasteiger partial charge is 0.463 e. The second-order valence-electron chi connectivity index (χ2n) is 6.29. The molecule has 0 saturated heterocycles. The highest BCUT2D eigenvalue weighted by Gasteiger charge is 2.72. The van der Waals surface area contributed by atoms with Crippen LogP contribution in [0.3, 0.4) is 0 Å². The SMILES string of the molecule is CO[Si](C)(C)[Si](O[SiH2]O)(O[Si](C)(C)[Si](C)=O)[Si](O[SiH3])([SiH2]O)[SiH2]O. The molecule has 3 N–H and O–H groups in total. The van der Waals surface area contributed by atoms with Gasteiger partial charge in [0.25, 0.3) is 25.1 Å². The van der Waals surface area contributed by atoms with Gasteiger partial charge in [0.15, 0.2) is 18.6 Å². The first-order valence-corrected chi connectivity index (χ1v) is 29.6. The van der Waals surface area contributed by atoms with Crippen molar-refractivity contribution < 1.29 is 35.6 Å². The number of rotatable bonds is 11. The smallest absolute Gasteiger partial charge is 0.339 e. The van der Waals surface area contributed by atoms with E-state index >= 15 is 0 Å². The molecule has 0 aliphatic rings. The highest BCUT2D eigenvalue weighted by molar-refractivity contribution is 7.85. The maximum absolute atomic E-state index is 12.2. The van der Waals surface area contributed by atoms with Crippen molar-refractivity contribution >= 4 is 77.4 Å². The van der Waals surface area contributed by atoms with E-state index in [1.54, 1.807) is 13.7 Å². The molecule has 0 amide bonds. The predicted octanol–water partition coefficient (Wildman–Crippen LogP) is -4.82. The van der Waals surface area contributed by atoms with Gasteiger partial charge in [0.2, 0.25) is 15.7 Å². The van der Waals surface area contributed by atoms with E-state index in [0.717, 1.165) is 0 Å². The molecule has 0 aromatic carbocycles. The molecule has 0 fully saturated rings. The van der Waals surface area contributed by atoms with Gasteiger partial charge in [-0.15, -0.1) is 0 Å². The predicted molar refractivity (Wildman–Crippen MR) is 111 cm³/mol. The molecule has 0 spiro atoms. The van der Waals surface area contributed by atoms with Crippen LogP contribution in [0.2, 0.25) is 32.7 Å². The van der Waals surface area contributed by atoms with Crippen LogP contribution in [0.1, 0.15) is 0 Å². The summed E-state index contributed by atoms with van der Waals surface area (Å²) in [7, 11) is -13.9. The zero-order chi connectivity index (χ0) is 18.5. The molecule has 138 valence electrons. The van der Waals surface area contributed by atoms with Crippen molar-refractivity contribution in [3.63, 3.8) is 0 Å². The van der Waals surface area contributed by atoms with E-state index in [9.17, 15) is 18.8 Å². The molecule has 0 aliphatic heterocycles. The molecule has 1 atom stereocenters. The quantitative estimate of drug-likeness (QED) is 0.251. The van der Waals surface area contributed by atoms with E-state index in [-0.39, 0.29) is 0 Å². The summed E-state index contributed by atoms with van der Waals surface area (Å²) in [5.74, 6) is 0. The van der Waals surface area contributed by atoms with Crippen LogP contribution in [0, 0.1) is 0 Å². The monoisotopic (exact) mass is 482 g/mol. The van der Waals surface area contributed by atoms with Crippen molar-refractivity contribution in [2.75, 3.05) is 7.11 Å². The van der Waals surface area contributed by atoms with Gasteiger partial charge >= 0.3 is 7.60 Å². The molecule has 23 heavy (non-hydrogen) atoms. The Morgan fingerprint density at radius 3 is 1.83 bits per heavy atom. The fourth-order valence-electron chi connectivity index (χ4n) is 2.28. The summed E-state index contributed by atoms with van der Waals surface area (Å²) in [6.45, 7) is 6.29. The second-order valence-corrected chi connectivity index (χ2v) is 55.1. The summed E-state index contributed by atoms with van der Waals surface area (Å²) < 4.78 is 36.4. The molecule has 0 rings (SSSR count). The van der Waals surface area contributed by atoms with Crippen molar-refractivity contribution in [3.8, 4) is 0 Å². The van der Waals surface area contributed by atoms with E-state index in [0.29, 0.717) is 10.5 Å². The Morgan fingerprint density at radius 2 is 1.57 bits per heavy atom. The fraction of sp³-hybridized carbons (Fsp3) is 1.00. The minimum absolute atomic E-state index is 0.359. The maximum atomic E-state index is 12.2. The van der Waals surface area contributed by atoms with Crippen LogP contribution in [0.5, 0.6) is 0 Å². The van der Waals surface area contributed by atoms with E-state index in [1.165, 1.54) is 0 Å². The Morgan fingerprint density at radius 1 is 1.09 bits per heavy atom.